The predicted molar refractivity (Wildman–Crippen MR) is 48.8 cm³/mol. The molecule has 2 heteroatoms. The van der Waals surface area contributed by atoms with E-state index in [2.05, 4.69) is 6.92 Å². The summed E-state index contributed by atoms with van der Waals surface area (Å²) in [6, 6.07) is 0. The Labute approximate surface area is 73.4 Å². The van der Waals surface area contributed by atoms with E-state index in [-0.39, 0.29) is 5.24 Å². The van der Waals surface area contributed by atoms with E-state index < -0.39 is 0 Å². The minimum absolute atomic E-state index is 0.281. The van der Waals surface area contributed by atoms with Crippen LogP contribution in [-0.2, 0) is 4.79 Å². The third kappa shape index (κ3) is 9.70. The molecule has 0 aliphatic carbocycles. The lowest BCUT2D eigenvalue weighted by atomic mass is 10.2. The lowest BCUT2D eigenvalue weighted by Gasteiger charge is -1.90. The second kappa shape index (κ2) is 7.80. The van der Waals surface area contributed by atoms with Crippen LogP contribution in [0.25, 0.3) is 0 Å². The van der Waals surface area contributed by atoms with Gasteiger partial charge in [0.15, 0.2) is 0 Å². The smallest absolute Gasteiger partial charge is 0.225 e. The van der Waals surface area contributed by atoms with Gasteiger partial charge >= 0.3 is 0 Å². The van der Waals surface area contributed by atoms with Gasteiger partial charge in [-0.25, -0.2) is 0 Å². The predicted octanol–water partition coefficient (Wildman–Crippen LogP) is 3.28. The van der Waals surface area contributed by atoms with Crippen molar-refractivity contribution in [1.82, 2.24) is 0 Å². The van der Waals surface area contributed by atoms with E-state index in [0.717, 1.165) is 6.42 Å². The maximum absolute atomic E-state index is 10.2. The van der Waals surface area contributed by atoms with Crippen molar-refractivity contribution in [2.75, 3.05) is 0 Å². The molecule has 0 atom stereocenters. The van der Waals surface area contributed by atoms with Gasteiger partial charge in [-0.2, -0.15) is 0 Å². The van der Waals surface area contributed by atoms with Crippen molar-refractivity contribution in [3.8, 4) is 0 Å². The Bertz CT molecular complexity index is 130. The molecule has 0 N–H and O–H groups in total. The van der Waals surface area contributed by atoms with Gasteiger partial charge in [0, 0.05) is 6.42 Å². The molecule has 0 saturated heterocycles. The van der Waals surface area contributed by atoms with Gasteiger partial charge < -0.3 is 0 Å². The molecule has 0 saturated carbocycles. The maximum Gasteiger partial charge on any atom is 0.225 e. The van der Waals surface area contributed by atoms with Crippen LogP contribution in [0.15, 0.2) is 12.2 Å². The lowest BCUT2D eigenvalue weighted by molar-refractivity contribution is -0.110. The highest BCUT2D eigenvalue weighted by Crippen LogP contribution is 2.00. The van der Waals surface area contributed by atoms with Gasteiger partial charge in [0.1, 0.15) is 0 Å². The summed E-state index contributed by atoms with van der Waals surface area (Å²) in [7, 11) is 0. The Hall–Kier alpha value is -0.300. The molecule has 0 heterocycles. The molecule has 0 rings (SSSR count). The van der Waals surface area contributed by atoms with E-state index in [9.17, 15) is 4.79 Å². The summed E-state index contributed by atoms with van der Waals surface area (Å²) in [5.74, 6) is 0. The number of allylic oxidation sites excluding steroid dienone is 2. The van der Waals surface area contributed by atoms with Gasteiger partial charge in [0.2, 0.25) is 5.24 Å². The van der Waals surface area contributed by atoms with Crippen LogP contribution in [0.2, 0.25) is 0 Å². The zero-order chi connectivity index (χ0) is 8.53. The Morgan fingerprint density at radius 3 is 2.64 bits per heavy atom. The normalized spacial score (nSPS) is 10.7. The molecular formula is C9H15ClO. The number of carbonyl (C=O) groups is 1. The summed E-state index contributed by atoms with van der Waals surface area (Å²) < 4.78 is 0. The van der Waals surface area contributed by atoms with Crippen LogP contribution in [0.3, 0.4) is 0 Å². The Balaban J connectivity index is 3.10. The molecule has 11 heavy (non-hydrogen) atoms. The van der Waals surface area contributed by atoms with Crippen LogP contribution in [0.4, 0.5) is 0 Å². The van der Waals surface area contributed by atoms with E-state index >= 15 is 0 Å². The standard InChI is InChI=1S/C9H15ClO/c1-2-3-4-5-6-7-8-9(10)11/h6-7H,2-5,8H2,1H3/b7-6+. The van der Waals surface area contributed by atoms with Crippen molar-refractivity contribution in [3.05, 3.63) is 12.2 Å². The zero-order valence-electron chi connectivity index (χ0n) is 6.98. The average Bonchev–Trinajstić information content (AvgIpc) is 1.96. The van der Waals surface area contributed by atoms with E-state index in [0.29, 0.717) is 6.42 Å². The molecule has 1 nitrogen and oxygen atoms in total. The first-order valence-corrected chi connectivity index (χ1v) is 4.48. The van der Waals surface area contributed by atoms with Crippen LogP contribution >= 0.6 is 11.6 Å². The molecule has 0 amide bonds. The molecule has 0 bridgehead atoms. The molecule has 0 fully saturated rings. The van der Waals surface area contributed by atoms with Crippen molar-refractivity contribution in [1.29, 1.82) is 0 Å². The summed E-state index contributed by atoms with van der Waals surface area (Å²) in [5, 5.41) is -0.281. The third-order valence-corrected chi connectivity index (χ3v) is 1.57. The molecule has 0 radical (unpaired) electrons. The van der Waals surface area contributed by atoms with Gasteiger partial charge in [0.25, 0.3) is 0 Å². The fourth-order valence-electron chi connectivity index (χ4n) is 0.806. The summed E-state index contributed by atoms with van der Waals surface area (Å²) in [4.78, 5) is 10.2. The molecule has 0 unspecified atom stereocenters. The average molecular weight is 175 g/mol. The molecule has 0 aromatic carbocycles. The SMILES string of the molecule is CCCCC/C=C/CC(=O)Cl. The van der Waals surface area contributed by atoms with Crippen LogP contribution < -0.4 is 0 Å². The maximum atomic E-state index is 10.2. The summed E-state index contributed by atoms with van der Waals surface area (Å²) >= 11 is 5.13. The molecule has 0 aromatic rings. The fourth-order valence-corrected chi connectivity index (χ4v) is 0.895. The molecule has 0 aliphatic heterocycles. The monoisotopic (exact) mass is 174 g/mol. The number of halogens is 1. The molecule has 64 valence electrons. The van der Waals surface area contributed by atoms with Gasteiger partial charge in [-0.05, 0) is 24.4 Å². The minimum atomic E-state index is -0.281. The number of rotatable bonds is 6. The van der Waals surface area contributed by atoms with Gasteiger partial charge in [-0.15, -0.1) is 0 Å². The summed E-state index contributed by atoms with van der Waals surface area (Å²) in [6.07, 6.45) is 9.01. The lowest BCUT2D eigenvalue weighted by Crippen LogP contribution is -1.79. The second-order valence-electron chi connectivity index (χ2n) is 2.53. The molecule has 0 spiro atoms. The van der Waals surface area contributed by atoms with Crippen LogP contribution in [0.1, 0.15) is 39.0 Å². The Kier molecular flexibility index (Phi) is 7.59. The largest absolute Gasteiger partial charge is 0.281 e. The number of carbonyl (C=O) groups excluding carboxylic acids is 1. The van der Waals surface area contributed by atoms with E-state index in [1.54, 1.807) is 0 Å². The third-order valence-electron chi connectivity index (χ3n) is 1.42. The summed E-state index contributed by atoms with van der Waals surface area (Å²) in [6.45, 7) is 2.17. The Morgan fingerprint density at radius 2 is 2.09 bits per heavy atom. The van der Waals surface area contributed by atoms with Crippen molar-refractivity contribution < 1.29 is 4.79 Å². The molecular weight excluding hydrogens is 160 g/mol. The first-order valence-electron chi connectivity index (χ1n) is 4.10. The quantitative estimate of drug-likeness (QED) is 0.343. The first kappa shape index (κ1) is 10.7. The van der Waals surface area contributed by atoms with E-state index in [1.165, 1.54) is 19.3 Å². The number of hydrogen-bond donors (Lipinski definition) is 0. The fraction of sp³-hybridized carbons (Fsp3) is 0.667. The van der Waals surface area contributed by atoms with Crippen molar-refractivity contribution in [2.45, 2.75) is 39.0 Å². The van der Waals surface area contributed by atoms with E-state index in [4.69, 9.17) is 11.6 Å². The summed E-state index contributed by atoms with van der Waals surface area (Å²) in [5.41, 5.74) is 0. The second-order valence-corrected chi connectivity index (χ2v) is 2.95. The Morgan fingerprint density at radius 1 is 1.36 bits per heavy atom. The highest BCUT2D eigenvalue weighted by molar-refractivity contribution is 6.63. The number of unbranched alkanes of at least 4 members (excludes halogenated alkanes) is 3. The van der Waals surface area contributed by atoms with Crippen molar-refractivity contribution >= 4 is 16.8 Å². The van der Waals surface area contributed by atoms with Crippen LogP contribution in [0.5, 0.6) is 0 Å². The number of hydrogen-bond acceptors (Lipinski definition) is 1. The molecule has 0 aliphatic rings. The van der Waals surface area contributed by atoms with Crippen LogP contribution in [-0.4, -0.2) is 5.24 Å². The van der Waals surface area contributed by atoms with E-state index in [1.807, 2.05) is 12.2 Å². The van der Waals surface area contributed by atoms with Gasteiger partial charge in [-0.1, -0.05) is 31.9 Å². The zero-order valence-corrected chi connectivity index (χ0v) is 7.73. The highest BCUT2D eigenvalue weighted by Gasteiger charge is 1.87. The van der Waals surface area contributed by atoms with Crippen molar-refractivity contribution in [3.63, 3.8) is 0 Å². The topological polar surface area (TPSA) is 17.1 Å². The van der Waals surface area contributed by atoms with Crippen LogP contribution in [0, 0.1) is 0 Å². The van der Waals surface area contributed by atoms with Gasteiger partial charge in [0.05, 0.1) is 0 Å². The van der Waals surface area contributed by atoms with Crippen molar-refractivity contribution in [2.24, 2.45) is 0 Å². The highest BCUT2D eigenvalue weighted by atomic mass is 35.5. The van der Waals surface area contributed by atoms with Gasteiger partial charge in [-0.3, -0.25) is 4.79 Å². The minimum Gasteiger partial charge on any atom is -0.281 e. The molecule has 0 aromatic heterocycles. The first-order chi connectivity index (χ1) is 5.27.